The highest BCUT2D eigenvalue weighted by molar-refractivity contribution is 6.30. The van der Waals surface area contributed by atoms with Crippen molar-refractivity contribution >= 4 is 17.5 Å². The quantitative estimate of drug-likeness (QED) is 0.521. The minimum Gasteiger partial charge on any atom is -0.462 e. The molecule has 0 saturated heterocycles. The van der Waals surface area contributed by atoms with Crippen molar-refractivity contribution in [2.24, 2.45) is 0 Å². The fourth-order valence-corrected chi connectivity index (χ4v) is 3.30. The topological polar surface area (TPSA) is 60.4 Å². The van der Waals surface area contributed by atoms with E-state index in [1.165, 1.54) is 6.07 Å². The molecule has 0 heterocycles. The van der Waals surface area contributed by atoms with E-state index in [1.807, 2.05) is 30.3 Å². The molecule has 0 bridgehead atoms. The summed E-state index contributed by atoms with van der Waals surface area (Å²) in [6.07, 6.45) is 0.581. The van der Waals surface area contributed by atoms with Gasteiger partial charge in [-0.1, -0.05) is 66.7 Å². The lowest BCUT2D eigenvalue weighted by Gasteiger charge is -2.19. The fourth-order valence-electron chi connectivity index (χ4n) is 3.30. The molecular formula is C23H16O4. The molecule has 4 heteroatoms. The van der Waals surface area contributed by atoms with Crippen molar-refractivity contribution in [2.45, 2.75) is 6.42 Å². The van der Waals surface area contributed by atoms with Crippen LogP contribution >= 0.6 is 0 Å². The van der Waals surface area contributed by atoms with Gasteiger partial charge in [0.25, 0.3) is 0 Å². The van der Waals surface area contributed by atoms with Gasteiger partial charge in [0.2, 0.25) is 0 Å². The zero-order valence-electron chi connectivity index (χ0n) is 14.5. The predicted octanol–water partition coefficient (Wildman–Crippen LogP) is 3.86. The van der Waals surface area contributed by atoms with Crippen molar-refractivity contribution in [2.75, 3.05) is 6.61 Å². The summed E-state index contributed by atoms with van der Waals surface area (Å²) in [6.45, 7) is 0.200. The summed E-state index contributed by atoms with van der Waals surface area (Å²) in [7, 11) is 0. The van der Waals surface area contributed by atoms with Crippen LogP contribution in [-0.4, -0.2) is 24.1 Å². The number of carbonyl (C=O) groups is 3. The van der Waals surface area contributed by atoms with Crippen LogP contribution in [0.5, 0.6) is 0 Å². The Morgan fingerprint density at radius 3 is 2.07 bits per heavy atom. The van der Waals surface area contributed by atoms with Crippen LogP contribution in [0.15, 0.2) is 72.8 Å². The van der Waals surface area contributed by atoms with E-state index in [0.717, 1.165) is 5.56 Å². The highest BCUT2D eigenvalue weighted by atomic mass is 16.5. The molecule has 0 aliphatic heterocycles. The Bertz CT molecular complexity index is 1050. The molecular weight excluding hydrogens is 340 g/mol. The van der Waals surface area contributed by atoms with Gasteiger partial charge in [0, 0.05) is 28.7 Å². The molecule has 0 atom stereocenters. The molecule has 0 saturated carbocycles. The van der Waals surface area contributed by atoms with Crippen molar-refractivity contribution < 1.29 is 19.1 Å². The maximum absolute atomic E-state index is 12.9. The Hall–Kier alpha value is -3.53. The maximum Gasteiger partial charge on any atom is 0.338 e. The summed E-state index contributed by atoms with van der Waals surface area (Å²) in [5, 5.41) is 0. The van der Waals surface area contributed by atoms with Crippen LogP contribution in [0.1, 0.15) is 47.8 Å². The number of hydrogen-bond acceptors (Lipinski definition) is 4. The van der Waals surface area contributed by atoms with Gasteiger partial charge >= 0.3 is 5.97 Å². The molecule has 0 unspecified atom stereocenters. The number of ether oxygens (including phenoxy) is 1. The van der Waals surface area contributed by atoms with Crippen molar-refractivity contribution in [3.05, 3.63) is 106 Å². The van der Waals surface area contributed by atoms with Crippen LogP contribution in [0.25, 0.3) is 0 Å². The van der Waals surface area contributed by atoms with Crippen molar-refractivity contribution in [3.8, 4) is 0 Å². The Labute approximate surface area is 156 Å². The first-order valence-electron chi connectivity index (χ1n) is 8.69. The lowest BCUT2D eigenvalue weighted by Crippen LogP contribution is -2.24. The highest BCUT2D eigenvalue weighted by Gasteiger charge is 2.33. The summed E-state index contributed by atoms with van der Waals surface area (Å²) in [5.41, 5.74) is 2.25. The molecule has 0 spiro atoms. The van der Waals surface area contributed by atoms with Gasteiger partial charge in [0.15, 0.2) is 11.6 Å². The Morgan fingerprint density at radius 1 is 0.704 bits per heavy atom. The number of ketones is 2. The monoisotopic (exact) mass is 356 g/mol. The number of carbonyl (C=O) groups excluding carboxylic acids is 3. The molecule has 132 valence electrons. The summed E-state index contributed by atoms with van der Waals surface area (Å²) in [5.74, 6) is -1.17. The third-order valence-electron chi connectivity index (χ3n) is 4.64. The third kappa shape index (κ3) is 3.06. The fraction of sp³-hybridized carbons (Fsp3) is 0.0870. The SMILES string of the molecule is O=C(OCCc1ccccc1)c1cccc2c1C(=O)c1ccccc1C2=O. The smallest absolute Gasteiger partial charge is 0.338 e. The number of rotatable bonds is 4. The average Bonchev–Trinajstić information content (AvgIpc) is 2.72. The van der Waals surface area contributed by atoms with E-state index in [2.05, 4.69) is 0 Å². The van der Waals surface area contributed by atoms with Crippen molar-refractivity contribution in [3.63, 3.8) is 0 Å². The first kappa shape index (κ1) is 16.9. The third-order valence-corrected chi connectivity index (χ3v) is 4.64. The normalized spacial score (nSPS) is 12.3. The van der Waals surface area contributed by atoms with Crippen LogP contribution < -0.4 is 0 Å². The highest BCUT2D eigenvalue weighted by Crippen LogP contribution is 2.29. The molecule has 3 aromatic rings. The molecule has 4 nitrogen and oxygen atoms in total. The largest absolute Gasteiger partial charge is 0.462 e. The second-order valence-electron chi connectivity index (χ2n) is 6.30. The average molecular weight is 356 g/mol. The minimum absolute atomic E-state index is 0.130. The van der Waals surface area contributed by atoms with Gasteiger partial charge in [0.05, 0.1) is 12.2 Å². The number of esters is 1. The zero-order chi connectivity index (χ0) is 18.8. The van der Waals surface area contributed by atoms with E-state index in [0.29, 0.717) is 17.5 Å². The Kier molecular flexibility index (Phi) is 4.38. The molecule has 0 fully saturated rings. The predicted molar refractivity (Wildman–Crippen MR) is 100 cm³/mol. The maximum atomic E-state index is 12.9. The standard InChI is InChI=1S/C23H16O4/c24-21-16-9-4-5-10-17(16)22(25)20-18(21)11-6-12-19(20)23(26)27-14-13-15-7-2-1-3-8-15/h1-12H,13-14H2. The second kappa shape index (κ2) is 7.00. The van der Waals surface area contributed by atoms with E-state index in [-0.39, 0.29) is 34.9 Å². The first-order chi connectivity index (χ1) is 13.2. The van der Waals surface area contributed by atoms with Gasteiger partial charge < -0.3 is 4.74 Å². The molecule has 27 heavy (non-hydrogen) atoms. The van der Waals surface area contributed by atoms with E-state index < -0.39 is 5.97 Å². The van der Waals surface area contributed by atoms with Gasteiger partial charge in [-0.2, -0.15) is 0 Å². The van der Waals surface area contributed by atoms with Crippen LogP contribution in [-0.2, 0) is 11.2 Å². The molecule has 0 amide bonds. The Balaban J connectivity index is 1.61. The van der Waals surface area contributed by atoms with Gasteiger partial charge in [-0.05, 0) is 11.6 Å². The second-order valence-corrected chi connectivity index (χ2v) is 6.30. The zero-order valence-corrected chi connectivity index (χ0v) is 14.5. The van der Waals surface area contributed by atoms with Gasteiger partial charge in [-0.3, -0.25) is 9.59 Å². The summed E-state index contributed by atoms with van der Waals surface area (Å²) < 4.78 is 5.37. The summed E-state index contributed by atoms with van der Waals surface area (Å²) in [6, 6.07) is 21.0. The number of benzene rings is 3. The van der Waals surface area contributed by atoms with Crippen LogP contribution in [0.2, 0.25) is 0 Å². The van der Waals surface area contributed by atoms with E-state index in [1.54, 1.807) is 36.4 Å². The minimum atomic E-state index is -0.594. The lowest BCUT2D eigenvalue weighted by molar-refractivity contribution is 0.0506. The van der Waals surface area contributed by atoms with Crippen molar-refractivity contribution in [1.82, 2.24) is 0 Å². The van der Waals surface area contributed by atoms with Crippen LogP contribution in [0.4, 0.5) is 0 Å². The molecule has 0 N–H and O–H groups in total. The van der Waals surface area contributed by atoms with E-state index >= 15 is 0 Å². The first-order valence-corrected chi connectivity index (χ1v) is 8.69. The molecule has 0 aromatic heterocycles. The molecule has 1 aliphatic rings. The van der Waals surface area contributed by atoms with Crippen molar-refractivity contribution in [1.29, 1.82) is 0 Å². The van der Waals surface area contributed by atoms with Crippen LogP contribution in [0, 0.1) is 0 Å². The number of fused-ring (bicyclic) bond motifs is 2. The van der Waals surface area contributed by atoms with Gasteiger partial charge in [-0.25, -0.2) is 4.79 Å². The molecule has 3 aromatic carbocycles. The van der Waals surface area contributed by atoms with E-state index in [9.17, 15) is 14.4 Å². The Morgan fingerprint density at radius 2 is 1.33 bits per heavy atom. The van der Waals surface area contributed by atoms with Gasteiger partial charge in [-0.15, -0.1) is 0 Å². The number of hydrogen-bond donors (Lipinski definition) is 0. The molecule has 0 radical (unpaired) electrons. The summed E-state index contributed by atoms with van der Waals surface area (Å²) >= 11 is 0. The van der Waals surface area contributed by atoms with Gasteiger partial charge in [0.1, 0.15) is 0 Å². The molecule has 1 aliphatic carbocycles. The molecule has 4 rings (SSSR count). The van der Waals surface area contributed by atoms with Crippen LogP contribution in [0.3, 0.4) is 0 Å². The summed E-state index contributed by atoms with van der Waals surface area (Å²) in [4.78, 5) is 38.2. The van der Waals surface area contributed by atoms with E-state index in [4.69, 9.17) is 4.74 Å². The lowest BCUT2D eigenvalue weighted by atomic mass is 9.82.